The van der Waals surface area contributed by atoms with Crippen LogP contribution in [0.25, 0.3) is 11.0 Å². The molecule has 7 nitrogen and oxygen atoms in total. The minimum absolute atomic E-state index is 0.109. The lowest BCUT2D eigenvalue weighted by Crippen LogP contribution is -2.39. The van der Waals surface area contributed by atoms with E-state index in [0.717, 1.165) is 30.3 Å². The van der Waals surface area contributed by atoms with E-state index in [4.69, 9.17) is 0 Å². The summed E-state index contributed by atoms with van der Waals surface area (Å²) in [4.78, 5) is 43.7. The van der Waals surface area contributed by atoms with E-state index in [-0.39, 0.29) is 11.3 Å². The molecule has 162 valence electrons. The van der Waals surface area contributed by atoms with Crippen molar-refractivity contribution in [3.8, 4) is 0 Å². The van der Waals surface area contributed by atoms with Gasteiger partial charge in [-0.25, -0.2) is 9.78 Å². The fourth-order valence-corrected chi connectivity index (χ4v) is 4.32. The molecule has 1 amide bonds. The number of rotatable bonds is 4. The predicted octanol–water partition coefficient (Wildman–Crippen LogP) is 2.43. The number of hydrogen-bond donors (Lipinski definition) is 0. The van der Waals surface area contributed by atoms with Crippen LogP contribution in [0.2, 0.25) is 0 Å². The van der Waals surface area contributed by atoms with Crippen molar-refractivity contribution in [1.29, 1.82) is 0 Å². The molecule has 0 saturated carbocycles. The number of fused-ring (bicyclic) bond motifs is 1. The molecule has 0 atom stereocenters. The molecule has 1 fully saturated rings. The van der Waals surface area contributed by atoms with E-state index in [0.29, 0.717) is 30.2 Å². The Labute approximate surface area is 181 Å². The third-order valence-electron chi connectivity index (χ3n) is 6.40. The average molecular weight is 421 g/mol. The van der Waals surface area contributed by atoms with E-state index in [9.17, 15) is 14.4 Å². The number of hydrogen-bond acceptors (Lipinski definition) is 4. The Morgan fingerprint density at radius 1 is 1.06 bits per heavy atom. The van der Waals surface area contributed by atoms with Gasteiger partial charge in [-0.1, -0.05) is 29.8 Å². The zero-order chi connectivity index (χ0) is 22.1. The summed E-state index contributed by atoms with van der Waals surface area (Å²) in [7, 11) is 3.00. The predicted molar refractivity (Wildman–Crippen MR) is 120 cm³/mol. The van der Waals surface area contributed by atoms with Crippen molar-refractivity contribution < 1.29 is 4.79 Å². The summed E-state index contributed by atoms with van der Waals surface area (Å²) < 4.78 is 2.36. The van der Waals surface area contributed by atoms with Crippen LogP contribution in [0.4, 0.5) is 0 Å². The number of carbonyl (C=O) groups is 1. The molecule has 4 rings (SSSR count). The summed E-state index contributed by atoms with van der Waals surface area (Å²) in [5.74, 6) is 0.504. The number of nitrogens with zero attached hydrogens (tertiary/aromatic N) is 4. The van der Waals surface area contributed by atoms with E-state index >= 15 is 0 Å². The van der Waals surface area contributed by atoms with Crippen molar-refractivity contribution in [2.24, 2.45) is 20.0 Å². The Balaban J connectivity index is 1.42. The summed E-state index contributed by atoms with van der Waals surface area (Å²) in [6.45, 7) is 3.52. The quantitative estimate of drug-likeness (QED) is 0.650. The van der Waals surface area contributed by atoms with E-state index in [1.807, 2.05) is 4.90 Å². The van der Waals surface area contributed by atoms with Gasteiger partial charge in [0.2, 0.25) is 0 Å². The minimum Gasteiger partial charge on any atom is -0.339 e. The molecule has 7 heteroatoms. The molecule has 1 aromatic carbocycles. The van der Waals surface area contributed by atoms with E-state index in [1.54, 1.807) is 13.1 Å². The number of likely N-dealkylation sites (tertiary alicyclic amines) is 1. The molecule has 31 heavy (non-hydrogen) atoms. The lowest BCUT2D eigenvalue weighted by Gasteiger charge is -2.32. The van der Waals surface area contributed by atoms with Gasteiger partial charge in [-0.3, -0.25) is 18.7 Å². The molecule has 1 aliphatic heterocycles. The van der Waals surface area contributed by atoms with Gasteiger partial charge in [-0.2, -0.15) is 0 Å². The van der Waals surface area contributed by atoms with Crippen molar-refractivity contribution in [2.75, 3.05) is 13.1 Å². The van der Waals surface area contributed by atoms with Crippen molar-refractivity contribution in [1.82, 2.24) is 19.0 Å². The third kappa shape index (κ3) is 4.17. The first-order valence-corrected chi connectivity index (χ1v) is 10.8. The number of benzene rings is 1. The largest absolute Gasteiger partial charge is 0.339 e. The monoisotopic (exact) mass is 420 g/mol. The molecular weight excluding hydrogens is 392 g/mol. The van der Waals surface area contributed by atoms with Crippen LogP contribution in [0.1, 0.15) is 40.7 Å². The van der Waals surface area contributed by atoms with Gasteiger partial charge in [0.05, 0.1) is 10.9 Å². The lowest BCUT2D eigenvalue weighted by molar-refractivity contribution is 0.0686. The van der Waals surface area contributed by atoms with Gasteiger partial charge in [-0.05, 0) is 50.2 Å². The Morgan fingerprint density at radius 2 is 1.74 bits per heavy atom. The van der Waals surface area contributed by atoms with E-state index < -0.39 is 11.2 Å². The number of amides is 1. The van der Waals surface area contributed by atoms with E-state index in [1.165, 1.54) is 28.9 Å². The summed E-state index contributed by atoms with van der Waals surface area (Å²) in [5.41, 5.74) is 2.45. The highest BCUT2D eigenvalue weighted by Crippen LogP contribution is 2.24. The van der Waals surface area contributed by atoms with Crippen molar-refractivity contribution in [3.05, 3.63) is 74.1 Å². The SMILES string of the molecule is Cc1ccc(CCC2CCN(C(=O)c3cnc4c(c3)c(=O)n(C)c(=O)n4C)CC2)cc1. The fourth-order valence-electron chi connectivity index (χ4n) is 4.32. The smallest absolute Gasteiger partial charge is 0.332 e. The van der Waals surface area contributed by atoms with Gasteiger partial charge >= 0.3 is 5.69 Å². The first-order chi connectivity index (χ1) is 14.8. The molecule has 0 radical (unpaired) electrons. The van der Waals surface area contributed by atoms with Crippen LogP contribution in [0.15, 0.2) is 46.1 Å². The summed E-state index contributed by atoms with van der Waals surface area (Å²) in [6.07, 6.45) is 5.62. The van der Waals surface area contributed by atoms with Crippen molar-refractivity contribution in [2.45, 2.75) is 32.6 Å². The van der Waals surface area contributed by atoms with Gasteiger partial charge in [-0.15, -0.1) is 0 Å². The molecular formula is C24H28N4O3. The molecule has 1 aliphatic rings. The average Bonchev–Trinajstić information content (AvgIpc) is 2.80. The number of aromatic nitrogens is 3. The number of piperidine rings is 1. The summed E-state index contributed by atoms with van der Waals surface area (Å²) in [5, 5.41) is 0.281. The minimum atomic E-state index is -0.435. The van der Waals surface area contributed by atoms with Crippen LogP contribution in [0.3, 0.4) is 0 Å². The molecule has 1 saturated heterocycles. The fraction of sp³-hybridized carbons (Fsp3) is 0.417. The van der Waals surface area contributed by atoms with Crippen LogP contribution in [-0.4, -0.2) is 38.0 Å². The molecule has 0 N–H and O–H groups in total. The lowest BCUT2D eigenvalue weighted by atomic mass is 9.90. The second-order valence-corrected chi connectivity index (χ2v) is 8.56. The van der Waals surface area contributed by atoms with E-state index in [2.05, 4.69) is 36.2 Å². The van der Waals surface area contributed by atoms with Crippen LogP contribution in [0, 0.1) is 12.8 Å². The topological polar surface area (TPSA) is 77.2 Å². The van der Waals surface area contributed by atoms with Gasteiger partial charge in [0, 0.05) is 33.4 Å². The summed E-state index contributed by atoms with van der Waals surface area (Å²) in [6, 6.07) is 10.3. The van der Waals surface area contributed by atoms with Gasteiger partial charge in [0.1, 0.15) is 5.65 Å². The van der Waals surface area contributed by atoms with Crippen LogP contribution in [-0.2, 0) is 20.5 Å². The van der Waals surface area contributed by atoms with Crippen molar-refractivity contribution >= 4 is 16.9 Å². The maximum absolute atomic E-state index is 13.0. The first kappa shape index (κ1) is 21.0. The Kier molecular flexibility index (Phi) is 5.76. The second kappa shape index (κ2) is 8.49. The van der Waals surface area contributed by atoms with Crippen LogP contribution < -0.4 is 11.2 Å². The van der Waals surface area contributed by atoms with Gasteiger partial charge in [0.15, 0.2) is 0 Å². The number of carbonyl (C=O) groups excluding carboxylic acids is 1. The molecule has 0 aliphatic carbocycles. The highest BCUT2D eigenvalue weighted by atomic mass is 16.2. The highest BCUT2D eigenvalue weighted by molar-refractivity contribution is 5.96. The molecule has 2 aromatic heterocycles. The molecule has 0 bridgehead atoms. The molecule has 0 unspecified atom stereocenters. The third-order valence-corrected chi connectivity index (χ3v) is 6.40. The molecule has 0 spiro atoms. The number of pyridine rings is 1. The van der Waals surface area contributed by atoms with Crippen LogP contribution >= 0.6 is 0 Å². The zero-order valence-electron chi connectivity index (χ0n) is 18.3. The Hall–Kier alpha value is -3.22. The first-order valence-electron chi connectivity index (χ1n) is 10.8. The number of aryl methyl sites for hydroxylation is 3. The maximum atomic E-state index is 13.0. The standard InChI is InChI=1S/C24H28N4O3/c1-16-4-6-17(7-5-16)8-9-18-10-12-28(13-11-18)22(29)19-14-20-21(25-15-19)26(2)24(31)27(3)23(20)30/h4-7,14-15,18H,8-13H2,1-3H3. The highest BCUT2D eigenvalue weighted by Gasteiger charge is 2.24. The Bertz CT molecular complexity index is 1230. The Morgan fingerprint density at radius 3 is 2.42 bits per heavy atom. The van der Waals surface area contributed by atoms with Gasteiger partial charge < -0.3 is 4.90 Å². The zero-order valence-corrected chi connectivity index (χ0v) is 18.3. The molecule has 3 heterocycles. The normalized spacial score (nSPS) is 14.9. The van der Waals surface area contributed by atoms with Crippen LogP contribution in [0.5, 0.6) is 0 Å². The second-order valence-electron chi connectivity index (χ2n) is 8.56. The van der Waals surface area contributed by atoms with Crippen molar-refractivity contribution in [3.63, 3.8) is 0 Å². The molecule has 3 aromatic rings. The van der Waals surface area contributed by atoms with Gasteiger partial charge in [0.25, 0.3) is 11.5 Å². The summed E-state index contributed by atoms with van der Waals surface area (Å²) >= 11 is 0. The maximum Gasteiger partial charge on any atom is 0.332 e.